The molecule has 0 spiro atoms. The molecule has 0 amide bonds. The Bertz CT molecular complexity index is 1350. The summed E-state index contributed by atoms with van der Waals surface area (Å²) in [6.45, 7) is 36.9. The Balaban J connectivity index is -0.0000000454. The average Bonchev–Trinajstić information content (AvgIpc) is 3.88. The minimum absolute atomic E-state index is 0. The third-order valence-electron chi connectivity index (χ3n) is 6.75. The van der Waals surface area contributed by atoms with E-state index in [1.807, 2.05) is 122 Å². The van der Waals surface area contributed by atoms with Crippen molar-refractivity contribution in [1.29, 1.82) is 0 Å². The summed E-state index contributed by atoms with van der Waals surface area (Å²) in [4.78, 5) is 0. The second-order valence-corrected chi connectivity index (χ2v) is 12.6. The summed E-state index contributed by atoms with van der Waals surface area (Å²) >= 11 is 0. The van der Waals surface area contributed by atoms with Crippen molar-refractivity contribution in [3.8, 4) is 0 Å². The topological polar surface area (TPSA) is 0 Å². The second kappa shape index (κ2) is 62.4. The van der Waals surface area contributed by atoms with Gasteiger partial charge in [0.25, 0.3) is 0 Å². The van der Waals surface area contributed by atoms with Gasteiger partial charge in [0.1, 0.15) is 0 Å². The van der Waals surface area contributed by atoms with E-state index in [-0.39, 0.29) is 146 Å². The number of hydrogen-bond acceptors (Lipinski definition) is 0. The summed E-state index contributed by atoms with van der Waals surface area (Å²) in [6, 6.07) is 32.5. The molecule has 6 rings (SSSR count). The molecule has 3 atom stereocenters. The van der Waals surface area contributed by atoms with E-state index in [1.165, 1.54) is 65.7 Å². The first-order valence-electron chi connectivity index (χ1n) is 18.6. The molecule has 339 valence electrons. The number of rotatable bonds is 0. The predicted molar refractivity (Wildman–Crippen MR) is 274 cm³/mol. The Hall–Kier alpha value is 1.30. The largest absolute Gasteiger partial charge is 3.00 e. The van der Waals surface area contributed by atoms with Crippen LogP contribution < -0.4 is 37.2 Å². The zero-order valence-electron chi connectivity index (χ0n) is 40.9. The molecule has 60 heavy (non-hydrogen) atoms. The minimum Gasteiger partial charge on any atom is -1.00 e. The van der Waals surface area contributed by atoms with E-state index < -0.39 is 0 Å². The number of benzene rings is 3. The summed E-state index contributed by atoms with van der Waals surface area (Å²) in [5.74, 6) is 0. The first-order valence-corrected chi connectivity index (χ1v) is 18.6. The van der Waals surface area contributed by atoms with Gasteiger partial charge in [0.15, 0.2) is 0 Å². The zero-order valence-corrected chi connectivity index (χ0v) is 54.8. The molecule has 0 aliphatic heterocycles. The summed E-state index contributed by atoms with van der Waals surface area (Å²) < 4.78 is 0. The first kappa shape index (κ1) is 91.7. The van der Waals surface area contributed by atoms with Crippen molar-refractivity contribution >= 4 is 62.0 Å². The van der Waals surface area contributed by atoms with E-state index in [1.54, 1.807) is 0 Å². The molecule has 9 heteroatoms. The van der Waals surface area contributed by atoms with E-state index in [0.717, 1.165) is 0 Å². The average molecular weight is 1170 g/mol. The van der Waals surface area contributed by atoms with Crippen LogP contribution in [0.2, 0.25) is 0 Å². The third-order valence-corrected chi connectivity index (χ3v) is 6.75. The normalized spacial score (nSPS) is 7.70. The van der Waals surface area contributed by atoms with E-state index in [0.29, 0.717) is 0 Å². The summed E-state index contributed by atoms with van der Waals surface area (Å²) in [7, 11) is 0. The van der Waals surface area contributed by atoms with E-state index >= 15 is 0 Å². The van der Waals surface area contributed by atoms with Crippen LogP contribution in [0.4, 0.5) is 0 Å². The summed E-state index contributed by atoms with van der Waals surface area (Å²) in [5.41, 5.74) is 8.23. The Labute approximate surface area is 460 Å². The quantitative estimate of drug-likeness (QED) is 0.107. The van der Waals surface area contributed by atoms with Gasteiger partial charge in [0.05, 0.1) is 0 Å². The molecule has 0 bridgehead atoms. The van der Waals surface area contributed by atoms with Crippen LogP contribution in [0.1, 0.15) is 116 Å². The molecule has 0 fully saturated rings. The molecule has 0 aliphatic carbocycles. The molecule has 3 radical (unpaired) electrons. The molecule has 0 aromatic heterocycles. The van der Waals surface area contributed by atoms with Gasteiger partial charge >= 0.3 is 78.6 Å². The molecule has 6 aromatic rings. The van der Waals surface area contributed by atoms with Crippen LogP contribution in [0, 0.1) is 80.1 Å². The third kappa shape index (κ3) is 40.8. The van der Waals surface area contributed by atoms with Crippen molar-refractivity contribution in [1.82, 2.24) is 0 Å². The Morgan fingerprint density at radius 1 is 0.283 bits per heavy atom. The maximum absolute atomic E-state index is 2.18. The van der Waals surface area contributed by atoms with E-state index in [4.69, 9.17) is 0 Å². The fourth-order valence-corrected chi connectivity index (χ4v) is 4.61. The molecular weight excluding hydrogens is 1090 g/mol. The van der Waals surface area contributed by atoms with Gasteiger partial charge in [-0.3, -0.25) is 0 Å². The SMILES string of the molecule is C[CH-]C.C[CH-]C.C[CH-]C.C[CH-]C.C[CH-]C.C[CH-]C.Cc1ccc(C)c2[cH-]ccc12.Cc1ccc(C)c2[cH-]ccc12.Cc1ccc(C)c2[cH-]ccc12.P.P.P.[Cl-].[Cl-].[Cl-].[Zr+3].[Zr+3].[Zr+3]. The Morgan fingerprint density at radius 2 is 0.417 bits per heavy atom. The molecule has 3 unspecified atom stereocenters. The van der Waals surface area contributed by atoms with Crippen LogP contribution in [-0.2, 0) is 78.6 Å². The Kier molecular flexibility index (Phi) is 95.4. The second-order valence-electron chi connectivity index (χ2n) is 12.6. The van der Waals surface area contributed by atoms with Crippen LogP contribution >= 0.6 is 29.7 Å². The number of hydrogen-bond donors (Lipinski definition) is 0. The molecule has 6 aromatic carbocycles. The molecule has 0 saturated heterocycles. The van der Waals surface area contributed by atoms with E-state index in [9.17, 15) is 0 Å². The number of fused-ring (bicyclic) bond motifs is 3. The van der Waals surface area contributed by atoms with Gasteiger partial charge in [-0.2, -0.15) is 149 Å². The van der Waals surface area contributed by atoms with Gasteiger partial charge in [-0.15, -0.1) is 85.4 Å². The van der Waals surface area contributed by atoms with Gasteiger partial charge in [-0.25, -0.2) is 0 Å². The summed E-state index contributed by atoms with van der Waals surface area (Å²) in [6.07, 6.45) is 12.0. The summed E-state index contributed by atoms with van der Waals surface area (Å²) in [5, 5.41) is 8.36. The van der Waals surface area contributed by atoms with Crippen LogP contribution in [-0.4, -0.2) is 0 Å². The van der Waals surface area contributed by atoms with Crippen molar-refractivity contribution in [2.75, 3.05) is 0 Å². The fraction of sp³-hybridized carbons (Fsp3) is 0.353. The van der Waals surface area contributed by atoms with Crippen molar-refractivity contribution in [2.24, 2.45) is 0 Å². The number of aryl methyl sites for hydroxylation is 6. The van der Waals surface area contributed by atoms with Crippen LogP contribution in [0.25, 0.3) is 32.3 Å². The molecule has 0 nitrogen and oxygen atoms in total. The zero-order chi connectivity index (χ0) is 39.8. The van der Waals surface area contributed by atoms with Crippen molar-refractivity contribution in [3.63, 3.8) is 0 Å². The molecule has 0 saturated carbocycles. The van der Waals surface area contributed by atoms with Crippen LogP contribution in [0.5, 0.6) is 0 Å². The van der Waals surface area contributed by atoms with Gasteiger partial charge in [-0.05, 0) is 20.8 Å². The molecular formula is C51H84Cl3P3Zr3-3. The fourth-order valence-electron chi connectivity index (χ4n) is 4.61. The standard InChI is InChI=1S/3C11H11.6C3H7.3ClH.3H3P.3Zr/c3*1-8-6-7-9(2)11-5-3-4-10(8)11;6*1-3-2;;;;;;;;;/h3*3-7H,1-2H3;6*3H,1-2H3;3*1H;3*1H3;;;/q9*-1;;;;;;;3*+3/p-3. The van der Waals surface area contributed by atoms with Crippen molar-refractivity contribution in [3.05, 3.63) is 163 Å². The monoisotopic (exact) mass is 1160 g/mol. The van der Waals surface area contributed by atoms with Gasteiger partial charge in [0.2, 0.25) is 0 Å². The van der Waals surface area contributed by atoms with Crippen LogP contribution in [0.15, 0.2) is 91.0 Å². The molecule has 0 aliphatic rings. The Morgan fingerprint density at radius 3 is 0.550 bits per heavy atom. The maximum atomic E-state index is 2.18. The molecule has 0 N–H and O–H groups in total. The number of halogens is 3. The van der Waals surface area contributed by atoms with Gasteiger partial charge in [0, 0.05) is 0 Å². The van der Waals surface area contributed by atoms with Crippen LogP contribution in [0.3, 0.4) is 0 Å². The van der Waals surface area contributed by atoms with Gasteiger partial charge < -0.3 is 75.7 Å². The van der Waals surface area contributed by atoms with Crippen molar-refractivity contribution in [2.45, 2.75) is 125 Å². The van der Waals surface area contributed by atoms with E-state index in [2.05, 4.69) is 133 Å². The van der Waals surface area contributed by atoms with Crippen molar-refractivity contribution < 1.29 is 116 Å². The smallest absolute Gasteiger partial charge is 1.00 e. The van der Waals surface area contributed by atoms with Gasteiger partial charge in [-0.1, -0.05) is 55.7 Å². The molecule has 0 heterocycles. The first-order chi connectivity index (χ1) is 24.3. The predicted octanol–water partition coefficient (Wildman–Crippen LogP) is 8.09. The maximum Gasteiger partial charge on any atom is 3.00 e. The minimum atomic E-state index is 0.